The second-order valence-electron chi connectivity index (χ2n) is 5.62. The molecule has 0 saturated heterocycles. The smallest absolute Gasteiger partial charge is 0.126 e. The Morgan fingerprint density at radius 2 is 2.00 bits per heavy atom. The van der Waals surface area contributed by atoms with Crippen LogP contribution >= 0.6 is 0 Å². The van der Waals surface area contributed by atoms with E-state index in [1.807, 2.05) is 30.2 Å². The van der Waals surface area contributed by atoms with Gasteiger partial charge in [0, 0.05) is 24.5 Å². The van der Waals surface area contributed by atoms with Crippen molar-refractivity contribution in [3.05, 3.63) is 42.0 Å². The molecule has 0 aliphatic rings. The maximum atomic E-state index is 13.4. The normalized spacial score (nSPS) is 12.2. The molecule has 118 valence electrons. The third kappa shape index (κ3) is 3.62. The van der Waals surface area contributed by atoms with Crippen molar-refractivity contribution in [3.63, 3.8) is 0 Å². The van der Waals surface area contributed by atoms with Crippen LogP contribution in [0.1, 0.15) is 32.3 Å². The molecule has 0 bridgehead atoms. The van der Waals surface area contributed by atoms with Gasteiger partial charge in [0.2, 0.25) is 0 Å². The molecule has 1 heterocycles. The van der Waals surface area contributed by atoms with Gasteiger partial charge < -0.3 is 0 Å². The van der Waals surface area contributed by atoms with Gasteiger partial charge in [-0.2, -0.15) is 5.10 Å². The highest BCUT2D eigenvalue weighted by atomic mass is 19.1. The molecule has 2 aromatic rings. The molecule has 4 heteroatoms. The number of hydrogen-bond acceptors (Lipinski definition) is 2. The molecule has 0 atom stereocenters. The summed E-state index contributed by atoms with van der Waals surface area (Å²) < 4.78 is 15.3. The molecule has 0 aliphatic heterocycles. The van der Waals surface area contributed by atoms with E-state index in [9.17, 15) is 4.39 Å². The van der Waals surface area contributed by atoms with Crippen LogP contribution in [0.2, 0.25) is 0 Å². The maximum absolute atomic E-state index is 13.4. The summed E-state index contributed by atoms with van der Waals surface area (Å²) >= 11 is 0. The fourth-order valence-electron chi connectivity index (χ4n) is 2.73. The maximum Gasteiger partial charge on any atom is 0.126 e. The van der Waals surface area contributed by atoms with Crippen LogP contribution < -0.4 is 0 Å². The Labute approximate surface area is 131 Å². The van der Waals surface area contributed by atoms with E-state index in [2.05, 4.69) is 23.9 Å². The van der Waals surface area contributed by atoms with Gasteiger partial charge in [0.15, 0.2) is 0 Å². The zero-order valence-electron chi connectivity index (χ0n) is 13.8. The van der Waals surface area contributed by atoms with Crippen LogP contribution in [-0.4, -0.2) is 22.5 Å². The first kappa shape index (κ1) is 16.4. The largest absolute Gasteiger partial charge is 0.295 e. The third-order valence-corrected chi connectivity index (χ3v) is 4.19. The van der Waals surface area contributed by atoms with Gasteiger partial charge in [-0.3, -0.25) is 9.67 Å². The molecular formula is C18H24FN3. The highest BCUT2D eigenvalue weighted by Gasteiger charge is 2.13. The molecule has 0 unspecified atom stereocenters. The fourth-order valence-corrected chi connectivity index (χ4v) is 2.73. The summed E-state index contributed by atoms with van der Waals surface area (Å²) in [5, 5.41) is 4.43. The van der Waals surface area contributed by atoms with Crippen molar-refractivity contribution in [2.75, 3.05) is 7.05 Å². The van der Waals surface area contributed by atoms with E-state index >= 15 is 0 Å². The number of nitrogens with zero attached hydrogens (tertiary/aromatic N) is 3. The zero-order chi connectivity index (χ0) is 16.1. The third-order valence-electron chi connectivity index (χ3n) is 4.19. The van der Waals surface area contributed by atoms with Crippen molar-refractivity contribution in [2.45, 2.75) is 40.2 Å². The summed E-state index contributed by atoms with van der Waals surface area (Å²) in [6.45, 7) is 6.87. The molecule has 22 heavy (non-hydrogen) atoms. The van der Waals surface area contributed by atoms with E-state index in [1.165, 1.54) is 11.8 Å². The van der Waals surface area contributed by atoms with E-state index in [0.29, 0.717) is 18.0 Å². The van der Waals surface area contributed by atoms with Gasteiger partial charge in [0.05, 0.1) is 12.7 Å². The van der Waals surface area contributed by atoms with Gasteiger partial charge >= 0.3 is 0 Å². The highest BCUT2D eigenvalue weighted by Crippen LogP contribution is 2.21. The molecule has 1 aromatic heterocycles. The lowest BCUT2D eigenvalue weighted by molar-refractivity contribution is 0.603. The van der Waals surface area contributed by atoms with Crippen LogP contribution in [0.3, 0.4) is 0 Å². The first-order chi connectivity index (χ1) is 10.6. The minimum atomic E-state index is -0.176. The zero-order valence-corrected chi connectivity index (χ0v) is 13.8. The molecule has 2 rings (SSSR count). The van der Waals surface area contributed by atoms with Crippen LogP contribution in [0.4, 0.5) is 4.39 Å². The number of hydrogen-bond donors (Lipinski definition) is 0. The summed E-state index contributed by atoms with van der Waals surface area (Å²) in [5.41, 5.74) is 3.82. The van der Waals surface area contributed by atoms with Crippen LogP contribution in [0, 0.1) is 18.7 Å². The molecule has 0 spiro atoms. The van der Waals surface area contributed by atoms with Crippen molar-refractivity contribution in [1.82, 2.24) is 9.78 Å². The lowest BCUT2D eigenvalue weighted by Crippen LogP contribution is -2.19. The number of halogens is 1. The summed E-state index contributed by atoms with van der Waals surface area (Å²) in [6, 6.07) is 5.15. The van der Waals surface area contributed by atoms with E-state index in [-0.39, 0.29) is 5.82 Å². The quantitative estimate of drug-likeness (QED) is 0.722. The van der Waals surface area contributed by atoms with Crippen molar-refractivity contribution < 1.29 is 4.39 Å². The molecule has 0 saturated carbocycles. The van der Waals surface area contributed by atoms with Gasteiger partial charge in [0.1, 0.15) is 5.82 Å². The average Bonchev–Trinajstić information content (AvgIpc) is 2.98. The standard InChI is InChI=1S/C18H24FN3/c1-5-14(6-2)18(20-4)12-22-11-16(10-21-22)15-7-8-17(19)13(3)9-15/h7-11,14H,5-6,12H2,1-4H3. The SMILES string of the molecule is CCC(CC)C(Cn1cc(-c2ccc(F)c(C)c2)cn1)=NC. The van der Waals surface area contributed by atoms with E-state index in [0.717, 1.165) is 24.0 Å². The van der Waals surface area contributed by atoms with Gasteiger partial charge in [-0.25, -0.2) is 4.39 Å². The minimum Gasteiger partial charge on any atom is -0.295 e. The van der Waals surface area contributed by atoms with Crippen LogP contribution in [-0.2, 0) is 6.54 Å². The van der Waals surface area contributed by atoms with E-state index in [4.69, 9.17) is 0 Å². The number of benzene rings is 1. The van der Waals surface area contributed by atoms with Crippen molar-refractivity contribution in [1.29, 1.82) is 0 Å². The second kappa shape index (κ2) is 7.34. The predicted octanol–water partition coefficient (Wildman–Crippen LogP) is 4.50. The molecule has 0 aliphatic carbocycles. The monoisotopic (exact) mass is 301 g/mol. The molecular weight excluding hydrogens is 277 g/mol. The number of aliphatic imine (C=N–C) groups is 1. The molecule has 3 nitrogen and oxygen atoms in total. The Hall–Kier alpha value is -1.97. The van der Waals surface area contributed by atoms with Crippen molar-refractivity contribution >= 4 is 5.71 Å². The number of aromatic nitrogens is 2. The first-order valence-electron chi connectivity index (χ1n) is 7.83. The summed E-state index contributed by atoms with van der Waals surface area (Å²) in [4.78, 5) is 4.44. The molecule has 0 radical (unpaired) electrons. The van der Waals surface area contributed by atoms with Crippen LogP contribution in [0.15, 0.2) is 35.6 Å². The molecule has 0 fully saturated rings. The predicted molar refractivity (Wildman–Crippen MR) is 89.8 cm³/mol. The highest BCUT2D eigenvalue weighted by molar-refractivity contribution is 5.86. The summed E-state index contributed by atoms with van der Waals surface area (Å²) in [5.74, 6) is 0.330. The topological polar surface area (TPSA) is 30.2 Å². The van der Waals surface area contributed by atoms with Gasteiger partial charge in [-0.1, -0.05) is 19.9 Å². The lowest BCUT2D eigenvalue weighted by Gasteiger charge is -2.15. The Balaban J connectivity index is 2.19. The molecule has 0 amide bonds. The summed E-state index contributed by atoms with van der Waals surface area (Å²) in [6.07, 6.45) is 6.01. The number of aryl methyl sites for hydroxylation is 1. The molecule has 0 N–H and O–H groups in total. The fraction of sp³-hybridized carbons (Fsp3) is 0.444. The van der Waals surface area contributed by atoms with Gasteiger partial charge in [0.25, 0.3) is 0 Å². The minimum absolute atomic E-state index is 0.176. The van der Waals surface area contributed by atoms with Crippen LogP contribution in [0.25, 0.3) is 11.1 Å². The second-order valence-corrected chi connectivity index (χ2v) is 5.62. The van der Waals surface area contributed by atoms with Gasteiger partial charge in [-0.05, 0) is 48.9 Å². The number of rotatable bonds is 6. The van der Waals surface area contributed by atoms with E-state index < -0.39 is 0 Å². The van der Waals surface area contributed by atoms with Crippen molar-refractivity contribution in [2.24, 2.45) is 10.9 Å². The van der Waals surface area contributed by atoms with Crippen LogP contribution in [0.5, 0.6) is 0 Å². The first-order valence-corrected chi connectivity index (χ1v) is 7.83. The Bertz CT molecular complexity index is 654. The Morgan fingerprint density at radius 1 is 1.27 bits per heavy atom. The Morgan fingerprint density at radius 3 is 2.59 bits per heavy atom. The molecule has 1 aromatic carbocycles. The lowest BCUT2D eigenvalue weighted by atomic mass is 9.97. The van der Waals surface area contributed by atoms with Crippen molar-refractivity contribution in [3.8, 4) is 11.1 Å². The van der Waals surface area contributed by atoms with E-state index in [1.54, 1.807) is 13.0 Å². The Kier molecular flexibility index (Phi) is 5.47. The van der Waals surface area contributed by atoms with Gasteiger partial charge in [-0.15, -0.1) is 0 Å². The summed E-state index contributed by atoms with van der Waals surface area (Å²) in [7, 11) is 1.85. The average molecular weight is 301 g/mol.